The molecule has 2 saturated heterocycles. The maximum absolute atomic E-state index is 12.7. The van der Waals surface area contributed by atoms with Gasteiger partial charge in [0.1, 0.15) is 11.5 Å². The van der Waals surface area contributed by atoms with Gasteiger partial charge in [-0.1, -0.05) is 18.2 Å². The second kappa shape index (κ2) is 6.68. The number of benzene rings is 1. The van der Waals surface area contributed by atoms with E-state index in [1.807, 2.05) is 30.3 Å². The Hall–Kier alpha value is -1.92. The molecule has 23 heavy (non-hydrogen) atoms. The Balaban J connectivity index is 1.68. The topological polar surface area (TPSA) is 67.9 Å². The summed E-state index contributed by atoms with van der Waals surface area (Å²) in [5.41, 5.74) is 0.222. The van der Waals surface area contributed by atoms with Crippen LogP contribution in [0.1, 0.15) is 12.8 Å². The van der Waals surface area contributed by atoms with Crippen molar-refractivity contribution >= 4 is 17.5 Å². The van der Waals surface area contributed by atoms with Crippen LogP contribution < -0.4 is 10.2 Å². The Bertz CT molecular complexity index is 571. The lowest BCUT2D eigenvalue weighted by atomic mass is 9.85. The third-order valence-electron chi connectivity index (χ3n) is 4.47. The molecule has 0 spiro atoms. The van der Waals surface area contributed by atoms with Gasteiger partial charge in [-0.3, -0.25) is 9.59 Å². The normalized spacial score (nSPS) is 23.3. The molecule has 2 aliphatic heterocycles. The molecule has 0 radical (unpaired) electrons. The molecule has 0 saturated carbocycles. The summed E-state index contributed by atoms with van der Waals surface area (Å²) in [5.74, 6) is -0.206. The molecule has 1 unspecified atom stereocenters. The molecule has 1 aromatic carbocycles. The van der Waals surface area contributed by atoms with Crippen LogP contribution in [0.3, 0.4) is 0 Å². The van der Waals surface area contributed by atoms with Gasteiger partial charge in [-0.2, -0.15) is 0 Å². The number of ether oxygens (including phenoxy) is 2. The molecule has 1 aromatic rings. The van der Waals surface area contributed by atoms with Crippen LogP contribution >= 0.6 is 0 Å². The SMILES string of the molecule is COCC1(C(=O)NC2CCCN(c3ccccc3)C2=O)COC1. The molecule has 0 aliphatic carbocycles. The molecule has 6 heteroatoms. The van der Waals surface area contributed by atoms with Crippen LogP contribution in [0.15, 0.2) is 30.3 Å². The highest BCUT2D eigenvalue weighted by molar-refractivity contribution is 6.00. The minimum atomic E-state index is -0.649. The predicted molar refractivity (Wildman–Crippen MR) is 85.1 cm³/mol. The summed E-state index contributed by atoms with van der Waals surface area (Å²) in [5, 5.41) is 2.91. The van der Waals surface area contributed by atoms with Crippen LogP contribution in [0.25, 0.3) is 0 Å². The number of carbonyl (C=O) groups excluding carboxylic acids is 2. The van der Waals surface area contributed by atoms with E-state index >= 15 is 0 Å². The number of nitrogens with one attached hydrogen (secondary N) is 1. The van der Waals surface area contributed by atoms with E-state index < -0.39 is 11.5 Å². The smallest absolute Gasteiger partial charge is 0.249 e. The summed E-state index contributed by atoms with van der Waals surface area (Å²) in [7, 11) is 1.57. The van der Waals surface area contributed by atoms with E-state index in [2.05, 4.69) is 5.32 Å². The Morgan fingerprint density at radius 1 is 1.39 bits per heavy atom. The van der Waals surface area contributed by atoms with Crippen LogP contribution in [0, 0.1) is 5.41 Å². The fourth-order valence-corrected chi connectivity index (χ4v) is 3.09. The summed E-state index contributed by atoms with van der Waals surface area (Å²) in [4.78, 5) is 27.0. The van der Waals surface area contributed by atoms with Gasteiger partial charge in [0.25, 0.3) is 0 Å². The number of carbonyl (C=O) groups is 2. The van der Waals surface area contributed by atoms with E-state index in [1.165, 1.54) is 0 Å². The van der Waals surface area contributed by atoms with E-state index in [1.54, 1.807) is 12.0 Å². The van der Waals surface area contributed by atoms with Gasteiger partial charge < -0.3 is 19.7 Å². The highest BCUT2D eigenvalue weighted by atomic mass is 16.5. The maximum atomic E-state index is 12.7. The predicted octanol–water partition coefficient (Wildman–Crippen LogP) is 0.961. The van der Waals surface area contributed by atoms with Gasteiger partial charge in [0.15, 0.2) is 0 Å². The molecule has 2 heterocycles. The zero-order chi connectivity index (χ0) is 16.3. The average Bonchev–Trinajstić information content (AvgIpc) is 2.53. The van der Waals surface area contributed by atoms with E-state index in [0.717, 1.165) is 12.1 Å². The van der Waals surface area contributed by atoms with E-state index in [9.17, 15) is 9.59 Å². The number of amides is 2. The van der Waals surface area contributed by atoms with E-state index in [0.29, 0.717) is 32.8 Å². The number of hydrogen-bond donors (Lipinski definition) is 1. The summed E-state index contributed by atoms with van der Waals surface area (Å²) < 4.78 is 10.3. The van der Waals surface area contributed by atoms with Crippen LogP contribution in [-0.4, -0.2) is 51.3 Å². The van der Waals surface area contributed by atoms with Gasteiger partial charge in [-0.15, -0.1) is 0 Å². The van der Waals surface area contributed by atoms with Gasteiger partial charge in [0, 0.05) is 19.3 Å². The number of para-hydroxylation sites is 1. The van der Waals surface area contributed by atoms with Gasteiger partial charge in [0.05, 0.1) is 19.8 Å². The molecule has 2 fully saturated rings. The Kier molecular flexibility index (Phi) is 4.63. The number of nitrogens with zero attached hydrogens (tertiary/aromatic N) is 1. The third kappa shape index (κ3) is 3.09. The molecular weight excluding hydrogens is 296 g/mol. The second-order valence-corrected chi connectivity index (χ2v) is 6.20. The maximum Gasteiger partial charge on any atom is 0.249 e. The van der Waals surface area contributed by atoms with Crippen LogP contribution in [-0.2, 0) is 19.1 Å². The number of rotatable bonds is 5. The molecule has 1 N–H and O–H groups in total. The van der Waals surface area contributed by atoms with Crippen molar-refractivity contribution in [3.63, 3.8) is 0 Å². The highest BCUT2D eigenvalue weighted by Gasteiger charge is 2.47. The first kappa shape index (κ1) is 16.0. The van der Waals surface area contributed by atoms with E-state index in [4.69, 9.17) is 9.47 Å². The minimum absolute atomic E-state index is 0.0522. The van der Waals surface area contributed by atoms with Crippen molar-refractivity contribution in [1.29, 1.82) is 0 Å². The summed E-state index contributed by atoms with van der Waals surface area (Å²) in [6.45, 7) is 1.68. The van der Waals surface area contributed by atoms with Crippen LogP contribution in [0.4, 0.5) is 5.69 Å². The Morgan fingerprint density at radius 3 is 2.74 bits per heavy atom. The number of piperidine rings is 1. The quantitative estimate of drug-likeness (QED) is 0.878. The van der Waals surface area contributed by atoms with Crippen molar-refractivity contribution in [3.05, 3.63) is 30.3 Å². The average molecular weight is 318 g/mol. The van der Waals surface area contributed by atoms with Crippen molar-refractivity contribution in [2.75, 3.05) is 38.4 Å². The van der Waals surface area contributed by atoms with Gasteiger partial charge in [-0.05, 0) is 25.0 Å². The number of methoxy groups -OCH3 is 1. The van der Waals surface area contributed by atoms with Gasteiger partial charge in [-0.25, -0.2) is 0 Å². The number of anilines is 1. The first-order chi connectivity index (χ1) is 11.2. The van der Waals surface area contributed by atoms with Gasteiger partial charge >= 0.3 is 0 Å². The first-order valence-electron chi connectivity index (χ1n) is 7.90. The largest absolute Gasteiger partial charge is 0.383 e. The molecule has 3 rings (SSSR count). The van der Waals surface area contributed by atoms with Gasteiger partial charge in [0.2, 0.25) is 11.8 Å². The Labute approximate surface area is 135 Å². The molecule has 2 aliphatic rings. The molecule has 6 nitrogen and oxygen atoms in total. The lowest BCUT2D eigenvalue weighted by Gasteiger charge is -2.41. The molecular formula is C17H22N2O4. The Morgan fingerprint density at radius 2 is 2.13 bits per heavy atom. The zero-order valence-corrected chi connectivity index (χ0v) is 13.3. The fourth-order valence-electron chi connectivity index (χ4n) is 3.09. The molecule has 2 amide bonds. The lowest BCUT2D eigenvalue weighted by Crippen LogP contribution is -2.61. The van der Waals surface area contributed by atoms with Crippen molar-refractivity contribution in [1.82, 2.24) is 5.32 Å². The number of hydrogen-bond acceptors (Lipinski definition) is 4. The van der Waals surface area contributed by atoms with Crippen molar-refractivity contribution in [2.24, 2.45) is 5.41 Å². The zero-order valence-electron chi connectivity index (χ0n) is 13.3. The van der Waals surface area contributed by atoms with Crippen LogP contribution in [0.2, 0.25) is 0 Å². The van der Waals surface area contributed by atoms with Crippen molar-refractivity contribution in [3.8, 4) is 0 Å². The third-order valence-corrected chi connectivity index (χ3v) is 4.47. The van der Waals surface area contributed by atoms with E-state index in [-0.39, 0.29) is 11.8 Å². The second-order valence-electron chi connectivity index (χ2n) is 6.20. The summed E-state index contributed by atoms with van der Waals surface area (Å²) in [6, 6.07) is 9.07. The minimum Gasteiger partial charge on any atom is -0.383 e. The molecule has 124 valence electrons. The molecule has 1 atom stereocenters. The first-order valence-corrected chi connectivity index (χ1v) is 7.90. The lowest BCUT2D eigenvalue weighted by molar-refractivity contribution is -0.173. The standard InChI is InChI=1S/C17H22N2O4/c1-22-10-17(11-23-12-17)16(21)18-14-8-5-9-19(15(14)20)13-6-3-2-4-7-13/h2-4,6-7,14H,5,8-12H2,1H3,(H,18,21). The van der Waals surface area contributed by atoms with Crippen LogP contribution in [0.5, 0.6) is 0 Å². The summed E-state index contributed by atoms with van der Waals surface area (Å²) in [6.07, 6.45) is 1.52. The molecule has 0 aromatic heterocycles. The summed E-state index contributed by atoms with van der Waals surface area (Å²) >= 11 is 0. The molecule has 0 bridgehead atoms. The fraction of sp³-hybridized carbons (Fsp3) is 0.529. The highest BCUT2D eigenvalue weighted by Crippen LogP contribution is 2.29. The monoisotopic (exact) mass is 318 g/mol. The van der Waals surface area contributed by atoms with Crippen molar-refractivity contribution < 1.29 is 19.1 Å². The van der Waals surface area contributed by atoms with Crippen molar-refractivity contribution in [2.45, 2.75) is 18.9 Å².